The van der Waals surface area contributed by atoms with Crippen molar-refractivity contribution < 1.29 is 4.79 Å². The van der Waals surface area contributed by atoms with Crippen LogP contribution in [-0.4, -0.2) is 16.6 Å². The van der Waals surface area contributed by atoms with Crippen LogP contribution >= 0.6 is 34.3 Å². The Hall–Kier alpha value is -1.95. The molecular formula is C18H13ClN2OS2. The number of carbonyl (C=O) groups is 1. The molecule has 4 rings (SSSR count). The molecule has 0 fully saturated rings. The lowest BCUT2D eigenvalue weighted by Crippen LogP contribution is -2.26. The molecule has 0 bridgehead atoms. The smallest absolute Gasteiger partial charge is 0.267 e. The van der Waals surface area contributed by atoms with Crippen LogP contribution in [0.1, 0.15) is 33.3 Å². The third-order valence-electron chi connectivity index (χ3n) is 3.94. The zero-order valence-electron chi connectivity index (χ0n) is 12.6. The highest BCUT2D eigenvalue weighted by molar-refractivity contribution is 7.10. The van der Waals surface area contributed by atoms with Gasteiger partial charge in [-0.1, -0.05) is 17.7 Å². The summed E-state index contributed by atoms with van der Waals surface area (Å²) in [5.74, 6) is -0.102. The van der Waals surface area contributed by atoms with E-state index in [-0.39, 0.29) is 11.9 Å². The second-order valence-electron chi connectivity index (χ2n) is 5.45. The third-order valence-corrected chi connectivity index (χ3v) is 5.84. The van der Waals surface area contributed by atoms with Crippen molar-refractivity contribution in [3.8, 4) is 0 Å². The van der Waals surface area contributed by atoms with Crippen molar-refractivity contribution in [2.45, 2.75) is 12.5 Å². The van der Waals surface area contributed by atoms with Crippen LogP contribution in [0, 0.1) is 0 Å². The Balaban J connectivity index is 1.70. The lowest BCUT2D eigenvalue weighted by Gasteiger charge is -2.20. The number of nitrogens with zero attached hydrogens (tertiary/aromatic N) is 2. The van der Waals surface area contributed by atoms with E-state index in [9.17, 15) is 4.79 Å². The van der Waals surface area contributed by atoms with Gasteiger partial charge in [0, 0.05) is 27.4 Å². The summed E-state index contributed by atoms with van der Waals surface area (Å²) in [6.07, 6.45) is 0.733. The van der Waals surface area contributed by atoms with Crippen molar-refractivity contribution in [1.29, 1.82) is 0 Å². The van der Waals surface area contributed by atoms with Crippen LogP contribution in [0.5, 0.6) is 0 Å². The normalized spacial score (nSPS) is 17.1. The van der Waals surface area contributed by atoms with Crippen LogP contribution in [0.3, 0.4) is 0 Å². The molecule has 3 heterocycles. The van der Waals surface area contributed by atoms with Crippen LogP contribution in [0.4, 0.5) is 0 Å². The third kappa shape index (κ3) is 2.90. The minimum atomic E-state index is -0.102. The van der Waals surface area contributed by atoms with E-state index in [1.807, 2.05) is 22.9 Å². The van der Waals surface area contributed by atoms with Gasteiger partial charge >= 0.3 is 0 Å². The van der Waals surface area contributed by atoms with E-state index in [2.05, 4.69) is 16.5 Å². The molecule has 1 aliphatic heterocycles. The van der Waals surface area contributed by atoms with Gasteiger partial charge in [-0.2, -0.15) is 16.4 Å². The van der Waals surface area contributed by atoms with Crippen molar-refractivity contribution in [2.24, 2.45) is 5.10 Å². The first kappa shape index (κ1) is 15.6. The second-order valence-corrected chi connectivity index (χ2v) is 7.65. The summed E-state index contributed by atoms with van der Waals surface area (Å²) in [7, 11) is 0. The standard InChI is InChI=1S/C18H13ClN2OS2/c19-14-5-3-12(4-6-14)18(22)21-16(17-2-1-8-24-17)10-15(20-21)13-7-9-23-11-13/h1-9,11,16H,10H2/t16-/m0/s1. The minimum Gasteiger partial charge on any atom is -0.267 e. The molecule has 6 heteroatoms. The second kappa shape index (κ2) is 6.51. The SMILES string of the molecule is O=C(c1ccc(Cl)cc1)N1N=C(c2ccsc2)C[C@H]1c1cccs1. The molecular weight excluding hydrogens is 360 g/mol. The fourth-order valence-corrected chi connectivity index (χ4v) is 4.33. The van der Waals surface area contributed by atoms with Gasteiger partial charge in [-0.15, -0.1) is 11.3 Å². The zero-order chi connectivity index (χ0) is 16.5. The molecule has 1 amide bonds. The molecule has 1 atom stereocenters. The number of amides is 1. The summed E-state index contributed by atoms with van der Waals surface area (Å²) in [5.41, 5.74) is 2.64. The number of benzene rings is 1. The summed E-state index contributed by atoms with van der Waals surface area (Å²) < 4.78 is 0. The molecule has 0 saturated heterocycles. The summed E-state index contributed by atoms with van der Waals surface area (Å²) in [5, 5.41) is 13.0. The monoisotopic (exact) mass is 372 g/mol. The highest BCUT2D eigenvalue weighted by Gasteiger charge is 2.34. The Labute approximate surface area is 152 Å². The van der Waals surface area contributed by atoms with Gasteiger partial charge in [0.2, 0.25) is 0 Å². The fourth-order valence-electron chi connectivity index (χ4n) is 2.73. The summed E-state index contributed by atoms with van der Waals surface area (Å²) in [6, 6.07) is 13.0. The quantitative estimate of drug-likeness (QED) is 0.601. The van der Waals surface area contributed by atoms with E-state index >= 15 is 0 Å². The van der Waals surface area contributed by atoms with Crippen LogP contribution < -0.4 is 0 Å². The number of hydrogen-bond donors (Lipinski definition) is 0. The first-order valence-corrected chi connectivity index (χ1v) is 9.65. The van der Waals surface area contributed by atoms with E-state index in [4.69, 9.17) is 11.6 Å². The molecule has 1 aromatic carbocycles. The molecule has 2 aromatic heterocycles. The summed E-state index contributed by atoms with van der Waals surface area (Å²) in [4.78, 5) is 14.1. The van der Waals surface area contributed by atoms with Gasteiger partial charge < -0.3 is 0 Å². The van der Waals surface area contributed by atoms with Gasteiger partial charge in [0.15, 0.2) is 0 Å². The van der Waals surface area contributed by atoms with Crippen molar-refractivity contribution in [3.63, 3.8) is 0 Å². The molecule has 0 saturated carbocycles. The summed E-state index contributed by atoms with van der Waals surface area (Å²) >= 11 is 9.22. The molecule has 0 radical (unpaired) electrons. The van der Waals surface area contributed by atoms with Crippen molar-refractivity contribution in [1.82, 2.24) is 5.01 Å². The Morgan fingerprint density at radius 2 is 2.00 bits per heavy atom. The number of halogens is 1. The Bertz CT molecular complexity index is 870. The van der Waals surface area contributed by atoms with Gasteiger partial charge in [-0.25, -0.2) is 5.01 Å². The number of thiophene rings is 2. The van der Waals surface area contributed by atoms with Gasteiger partial charge in [-0.05, 0) is 52.5 Å². The van der Waals surface area contributed by atoms with Crippen LogP contribution in [-0.2, 0) is 0 Å². The van der Waals surface area contributed by atoms with Crippen molar-refractivity contribution in [3.05, 3.63) is 79.6 Å². The fraction of sp³-hybridized carbons (Fsp3) is 0.111. The van der Waals surface area contributed by atoms with Crippen LogP contribution in [0.25, 0.3) is 0 Å². The molecule has 120 valence electrons. The highest BCUT2D eigenvalue weighted by Crippen LogP contribution is 2.36. The topological polar surface area (TPSA) is 32.7 Å². The Morgan fingerprint density at radius 1 is 1.17 bits per heavy atom. The first-order valence-electron chi connectivity index (χ1n) is 7.45. The molecule has 0 spiro atoms. The molecule has 0 N–H and O–H groups in total. The maximum atomic E-state index is 13.0. The zero-order valence-corrected chi connectivity index (χ0v) is 14.9. The van der Waals surface area contributed by atoms with E-state index in [0.717, 1.165) is 22.6 Å². The minimum absolute atomic E-state index is 0.0527. The molecule has 3 nitrogen and oxygen atoms in total. The predicted octanol–water partition coefficient (Wildman–Crippen LogP) is 5.45. The number of hydrogen-bond acceptors (Lipinski definition) is 4. The lowest BCUT2D eigenvalue weighted by molar-refractivity contribution is 0.0714. The van der Waals surface area contributed by atoms with Gasteiger partial charge in [-0.3, -0.25) is 4.79 Å². The molecule has 1 aliphatic rings. The highest BCUT2D eigenvalue weighted by atomic mass is 35.5. The number of carbonyl (C=O) groups excluding carboxylic acids is 1. The van der Waals surface area contributed by atoms with Crippen LogP contribution in [0.15, 0.2) is 63.7 Å². The van der Waals surface area contributed by atoms with Crippen molar-refractivity contribution >= 4 is 45.9 Å². The molecule has 0 aliphatic carbocycles. The first-order chi connectivity index (χ1) is 11.7. The van der Waals surface area contributed by atoms with E-state index in [1.54, 1.807) is 51.9 Å². The predicted molar refractivity (Wildman–Crippen MR) is 100 cm³/mol. The Morgan fingerprint density at radius 3 is 2.67 bits per heavy atom. The molecule has 0 unspecified atom stereocenters. The maximum absolute atomic E-state index is 13.0. The average Bonchev–Trinajstić information content (AvgIpc) is 3.33. The largest absolute Gasteiger partial charge is 0.274 e. The number of rotatable bonds is 3. The van der Waals surface area contributed by atoms with Gasteiger partial charge in [0.05, 0.1) is 11.8 Å². The lowest BCUT2D eigenvalue weighted by atomic mass is 10.1. The van der Waals surface area contributed by atoms with Crippen molar-refractivity contribution in [2.75, 3.05) is 0 Å². The van der Waals surface area contributed by atoms with E-state index in [0.29, 0.717) is 10.6 Å². The summed E-state index contributed by atoms with van der Waals surface area (Å²) in [6.45, 7) is 0. The molecule has 24 heavy (non-hydrogen) atoms. The maximum Gasteiger partial charge on any atom is 0.274 e. The van der Waals surface area contributed by atoms with Gasteiger partial charge in [0.25, 0.3) is 5.91 Å². The van der Waals surface area contributed by atoms with E-state index < -0.39 is 0 Å². The Kier molecular flexibility index (Phi) is 4.22. The van der Waals surface area contributed by atoms with Crippen LogP contribution in [0.2, 0.25) is 5.02 Å². The number of hydrazone groups is 1. The molecule has 3 aromatic rings. The average molecular weight is 373 g/mol. The van der Waals surface area contributed by atoms with E-state index in [1.165, 1.54) is 0 Å². The van der Waals surface area contributed by atoms with Gasteiger partial charge in [0.1, 0.15) is 0 Å².